The molecule has 2 N–H and O–H groups in total. The average Bonchev–Trinajstić information content (AvgIpc) is 2.79. The maximum atomic E-state index is 13.4. The van der Waals surface area contributed by atoms with Crippen LogP contribution in [0.2, 0.25) is 0 Å². The van der Waals surface area contributed by atoms with Crippen molar-refractivity contribution in [2.75, 3.05) is 16.4 Å². The van der Waals surface area contributed by atoms with Crippen LogP contribution < -0.4 is 10.6 Å². The molecule has 0 bridgehead atoms. The van der Waals surface area contributed by atoms with Crippen molar-refractivity contribution in [1.82, 2.24) is 0 Å². The summed E-state index contributed by atoms with van der Waals surface area (Å²) in [5, 5.41) is 5.53. The molecule has 0 unspecified atom stereocenters. The Labute approximate surface area is 199 Å². The van der Waals surface area contributed by atoms with Crippen LogP contribution in [-0.4, -0.2) is 26.0 Å². The number of nitrogens with one attached hydrogen (secondary N) is 2. The predicted molar refractivity (Wildman–Crippen MR) is 131 cm³/mol. The molecule has 0 heterocycles. The molecule has 3 rings (SSSR count). The number of rotatable bonds is 8. The molecule has 0 aliphatic carbocycles. The molecular formula is C26H27FN2O4S. The zero-order valence-electron chi connectivity index (χ0n) is 19.3. The summed E-state index contributed by atoms with van der Waals surface area (Å²) in [6.07, 6.45) is 0.0930. The van der Waals surface area contributed by atoms with Gasteiger partial charge in [0, 0.05) is 11.4 Å². The van der Waals surface area contributed by atoms with Gasteiger partial charge in [0.05, 0.1) is 22.5 Å². The van der Waals surface area contributed by atoms with Gasteiger partial charge in [-0.15, -0.1) is 0 Å². The monoisotopic (exact) mass is 482 g/mol. The van der Waals surface area contributed by atoms with Crippen molar-refractivity contribution in [1.29, 1.82) is 0 Å². The van der Waals surface area contributed by atoms with Gasteiger partial charge >= 0.3 is 0 Å². The molecule has 0 saturated carbocycles. The van der Waals surface area contributed by atoms with Gasteiger partial charge in [-0.2, -0.15) is 0 Å². The van der Waals surface area contributed by atoms with Gasteiger partial charge < -0.3 is 10.6 Å². The number of halogens is 1. The third kappa shape index (κ3) is 6.08. The summed E-state index contributed by atoms with van der Waals surface area (Å²) in [4.78, 5) is 25.4. The third-order valence-electron chi connectivity index (χ3n) is 5.57. The van der Waals surface area contributed by atoms with Crippen molar-refractivity contribution >= 4 is 33.0 Å². The Morgan fingerprint density at radius 3 is 2.12 bits per heavy atom. The number of carbonyl (C=O) groups excluding carboxylic acids is 2. The minimum absolute atomic E-state index is 0.0199. The molecule has 8 heteroatoms. The summed E-state index contributed by atoms with van der Waals surface area (Å²) in [7, 11) is -3.28. The second-order valence-electron chi connectivity index (χ2n) is 8.44. The van der Waals surface area contributed by atoms with Gasteiger partial charge in [-0.25, -0.2) is 12.8 Å². The summed E-state index contributed by atoms with van der Waals surface area (Å²) in [6.45, 7) is 5.11. The second-order valence-corrected chi connectivity index (χ2v) is 10.7. The van der Waals surface area contributed by atoms with E-state index in [1.807, 2.05) is 0 Å². The first-order chi connectivity index (χ1) is 16.0. The van der Waals surface area contributed by atoms with Crippen LogP contribution in [0.5, 0.6) is 0 Å². The maximum absolute atomic E-state index is 13.4. The molecule has 0 aromatic heterocycles. The minimum Gasteiger partial charge on any atom is -0.326 e. The number of hydrogen-bond donors (Lipinski definition) is 2. The minimum atomic E-state index is -3.28. The molecular weight excluding hydrogens is 455 g/mol. The Kier molecular flexibility index (Phi) is 7.51. The Morgan fingerprint density at radius 1 is 0.882 bits per heavy atom. The Bertz CT molecular complexity index is 1290. The summed E-state index contributed by atoms with van der Waals surface area (Å²) in [6, 6.07) is 18.9. The van der Waals surface area contributed by atoms with Crippen LogP contribution in [0.15, 0.2) is 77.7 Å². The molecule has 3 aromatic carbocycles. The van der Waals surface area contributed by atoms with E-state index in [2.05, 4.69) is 10.6 Å². The van der Waals surface area contributed by atoms with Gasteiger partial charge in [0.1, 0.15) is 5.82 Å². The zero-order chi connectivity index (χ0) is 24.9. The molecule has 0 fully saturated rings. The van der Waals surface area contributed by atoms with Crippen LogP contribution in [0, 0.1) is 5.82 Å². The lowest BCUT2D eigenvalue weighted by Crippen LogP contribution is -2.34. The number of amides is 2. The molecule has 6 nitrogen and oxygen atoms in total. The SMILES string of the molecule is CCS(=O)(=O)c1ccc(CC(=O)Nc2ccc(C(C)(C)C(=O)Nc3cccc(F)c3)cc2)cc1. The van der Waals surface area contributed by atoms with Crippen molar-refractivity contribution < 1.29 is 22.4 Å². The highest BCUT2D eigenvalue weighted by Crippen LogP contribution is 2.27. The number of benzene rings is 3. The fourth-order valence-electron chi connectivity index (χ4n) is 3.33. The third-order valence-corrected chi connectivity index (χ3v) is 7.32. The van der Waals surface area contributed by atoms with E-state index in [1.54, 1.807) is 63.2 Å². The first-order valence-electron chi connectivity index (χ1n) is 10.8. The molecule has 0 aliphatic rings. The fraction of sp³-hybridized carbons (Fsp3) is 0.231. The molecule has 0 spiro atoms. The van der Waals surface area contributed by atoms with Crippen LogP contribution >= 0.6 is 0 Å². The van der Waals surface area contributed by atoms with E-state index in [0.29, 0.717) is 16.9 Å². The highest BCUT2D eigenvalue weighted by molar-refractivity contribution is 7.91. The summed E-state index contributed by atoms with van der Waals surface area (Å²) >= 11 is 0. The van der Waals surface area contributed by atoms with Crippen LogP contribution in [0.1, 0.15) is 31.9 Å². The average molecular weight is 483 g/mol. The highest BCUT2D eigenvalue weighted by atomic mass is 32.2. The van der Waals surface area contributed by atoms with Gasteiger partial charge in [-0.3, -0.25) is 9.59 Å². The fourth-order valence-corrected chi connectivity index (χ4v) is 4.21. The van der Waals surface area contributed by atoms with Crippen molar-refractivity contribution in [3.63, 3.8) is 0 Å². The number of sulfone groups is 1. The van der Waals surface area contributed by atoms with Crippen LogP contribution in [0.4, 0.5) is 15.8 Å². The van der Waals surface area contributed by atoms with Crippen LogP contribution in [0.25, 0.3) is 0 Å². The van der Waals surface area contributed by atoms with Gasteiger partial charge in [0.15, 0.2) is 9.84 Å². The van der Waals surface area contributed by atoms with Gasteiger partial charge in [0.25, 0.3) is 0 Å². The summed E-state index contributed by atoms with van der Waals surface area (Å²) in [5.74, 6) is -0.949. The molecule has 0 aliphatic heterocycles. The number of carbonyl (C=O) groups is 2. The lowest BCUT2D eigenvalue weighted by atomic mass is 9.83. The van der Waals surface area contributed by atoms with E-state index in [4.69, 9.17) is 0 Å². The molecule has 3 aromatic rings. The lowest BCUT2D eigenvalue weighted by Gasteiger charge is -2.24. The van der Waals surface area contributed by atoms with E-state index in [-0.39, 0.29) is 28.9 Å². The van der Waals surface area contributed by atoms with Gasteiger partial charge in [0.2, 0.25) is 11.8 Å². The highest BCUT2D eigenvalue weighted by Gasteiger charge is 2.30. The molecule has 0 radical (unpaired) electrons. The van der Waals surface area contributed by atoms with Crippen LogP contribution in [-0.2, 0) is 31.3 Å². The van der Waals surface area contributed by atoms with Gasteiger partial charge in [-0.1, -0.05) is 37.3 Å². The summed E-state index contributed by atoms with van der Waals surface area (Å²) in [5.41, 5.74) is 1.48. The lowest BCUT2D eigenvalue weighted by molar-refractivity contribution is -0.120. The van der Waals surface area contributed by atoms with Crippen molar-refractivity contribution in [2.24, 2.45) is 0 Å². The Balaban J connectivity index is 1.62. The normalized spacial score (nSPS) is 11.6. The topological polar surface area (TPSA) is 92.3 Å². The van der Waals surface area contributed by atoms with E-state index in [9.17, 15) is 22.4 Å². The Morgan fingerprint density at radius 2 is 1.53 bits per heavy atom. The second kappa shape index (κ2) is 10.2. The maximum Gasteiger partial charge on any atom is 0.234 e. The molecule has 178 valence electrons. The van der Waals surface area contributed by atoms with E-state index in [1.165, 1.54) is 30.3 Å². The zero-order valence-corrected chi connectivity index (χ0v) is 20.1. The Hall–Kier alpha value is -3.52. The first kappa shape index (κ1) is 25.1. The van der Waals surface area contributed by atoms with E-state index >= 15 is 0 Å². The van der Waals surface area contributed by atoms with Crippen LogP contribution in [0.3, 0.4) is 0 Å². The first-order valence-corrected chi connectivity index (χ1v) is 12.5. The van der Waals surface area contributed by atoms with Crippen molar-refractivity contribution in [3.05, 3.63) is 89.7 Å². The largest absolute Gasteiger partial charge is 0.326 e. The number of anilines is 2. The van der Waals surface area contributed by atoms with Crippen molar-refractivity contribution in [3.8, 4) is 0 Å². The molecule has 2 amide bonds. The predicted octanol–water partition coefficient (Wildman–Crippen LogP) is 4.72. The summed E-state index contributed by atoms with van der Waals surface area (Å²) < 4.78 is 37.2. The number of hydrogen-bond acceptors (Lipinski definition) is 4. The van der Waals surface area contributed by atoms with E-state index < -0.39 is 21.1 Å². The quantitative estimate of drug-likeness (QED) is 0.486. The smallest absolute Gasteiger partial charge is 0.234 e. The van der Waals surface area contributed by atoms with Crippen molar-refractivity contribution in [2.45, 2.75) is 37.5 Å². The molecule has 34 heavy (non-hydrogen) atoms. The molecule has 0 saturated heterocycles. The van der Waals surface area contributed by atoms with Gasteiger partial charge in [-0.05, 0) is 67.4 Å². The molecule has 0 atom stereocenters. The standard InChI is InChI=1S/C26H27FN2O4S/c1-4-34(32,33)23-14-8-18(9-15-23)16-24(30)28-21-12-10-19(11-13-21)26(2,3)25(31)29-22-7-5-6-20(27)17-22/h5-15,17H,4,16H2,1-3H3,(H,28,30)(H,29,31). The van der Waals surface area contributed by atoms with E-state index in [0.717, 1.165) is 5.56 Å².